The smallest absolute Gasteiger partial charge is 0.272 e. The molecule has 0 aliphatic carbocycles. The van der Waals surface area contributed by atoms with Crippen molar-refractivity contribution >= 4 is 11.7 Å². The summed E-state index contributed by atoms with van der Waals surface area (Å²) < 4.78 is 5.58. The molecule has 1 aromatic carbocycles. The van der Waals surface area contributed by atoms with Gasteiger partial charge in [0.05, 0.1) is 0 Å². The maximum atomic E-state index is 12.0. The van der Waals surface area contributed by atoms with Gasteiger partial charge >= 0.3 is 0 Å². The van der Waals surface area contributed by atoms with Gasteiger partial charge in [-0.2, -0.15) is 0 Å². The van der Waals surface area contributed by atoms with E-state index in [1.165, 1.54) is 38.2 Å². The Morgan fingerprint density at radius 2 is 1.75 bits per heavy atom. The van der Waals surface area contributed by atoms with E-state index in [1.54, 1.807) is 0 Å². The lowest BCUT2D eigenvalue weighted by Crippen LogP contribution is -2.17. The van der Waals surface area contributed by atoms with E-state index in [1.807, 2.05) is 30.3 Å². The highest BCUT2D eigenvalue weighted by Crippen LogP contribution is 2.25. The maximum absolute atomic E-state index is 12.0. The Balaban J connectivity index is 1.72. The molecular weight excluding hydrogens is 302 g/mol. The summed E-state index contributed by atoms with van der Waals surface area (Å²) in [6.07, 6.45) is 9.51. The van der Waals surface area contributed by atoms with Crippen LogP contribution < -0.4 is 5.32 Å². The average Bonchev–Trinajstić information content (AvgIpc) is 2.95. The molecule has 4 nitrogen and oxygen atoms in total. The number of unbranched alkanes of at least 4 members (excludes halogenated alkanes) is 6. The molecule has 1 fully saturated rings. The maximum Gasteiger partial charge on any atom is 0.272 e. The zero-order chi connectivity index (χ0) is 17.2. The fraction of sp³-hybridized carbons (Fsp3) is 0.500. The Hall–Kier alpha value is -2.10. The topological polar surface area (TPSA) is 55.4 Å². The molecule has 1 aliphatic heterocycles. The van der Waals surface area contributed by atoms with E-state index < -0.39 is 6.10 Å². The predicted molar refractivity (Wildman–Crippen MR) is 94.1 cm³/mol. The highest BCUT2D eigenvalue weighted by molar-refractivity contribution is 5.92. The van der Waals surface area contributed by atoms with Gasteiger partial charge in [-0.3, -0.25) is 14.9 Å². The molecule has 0 spiro atoms. The van der Waals surface area contributed by atoms with Gasteiger partial charge in [-0.05, 0) is 6.42 Å². The Kier molecular flexibility index (Phi) is 7.53. The van der Waals surface area contributed by atoms with E-state index in [2.05, 4.69) is 12.2 Å². The molecule has 1 amide bonds. The van der Waals surface area contributed by atoms with Crippen LogP contribution in [-0.4, -0.2) is 11.7 Å². The van der Waals surface area contributed by atoms with Crippen molar-refractivity contribution in [1.82, 2.24) is 5.32 Å². The number of benzene rings is 1. The molecule has 1 N–H and O–H groups in total. The van der Waals surface area contributed by atoms with Crippen LogP contribution >= 0.6 is 0 Å². The van der Waals surface area contributed by atoms with Crippen molar-refractivity contribution in [2.45, 2.75) is 64.4 Å². The van der Waals surface area contributed by atoms with Crippen LogP contribution in [0.5, 0.6) is 0 Å². The molecule has 2 rings (SSSR count). The third kappa shape index (κ3) is 5.84. The molecule has 1 saturated heterocycles. The summed E-state index contributed by atoms with van der Waals surface area (Å²) in [7, 11) is 0. The molecule has 0 saturated carbocycles. The Labute approximate surface area is 144 Å². The Morgan fingerprint density at radius 1 is 1.08 bits per heavy atom. The second-order valence-electron chi connectivity index (χ2n) is 6.24. The van der Waals surface area contributed by atoms with E-state index in [0.29, 0.717) is 6.42 Å². The normalized spacial score (nSPS) is 18.5. The second kappa shape index (κ2) is 9.91. The minimum absolute atomic E-state index is 0.00701. The van der Waals surface area contributed by atoms with Gasteiger partial charge in [-0.25, -0.2) is 0 Å². The fourth-order valence-corrected chi connectivity index (χ4v) is 2.79. The molecule has 4 heteroatoms. The minimum atomic E-state index is -0.663. The van der Waals surface area contributed by atoms with E-state index in [9.17, 15) is 9.59 Å². The summed E-state index contributed by atoms with van der Waals surface area (Å²) in [6, 6.07) is 9.29. The predicted octanol–water partition coefficient (Wildman–Crippen LogP) is 4.43. The zero-order valence-electron chi connectivity index (χ0n) is 14.4. The zero-order valence-corrected chi connectivity index (χ0v) is 14.4. The third-order valence-electron chi connectivity index (χ3n) is 4.15. The van der Waals surface area contributed by atoms with Gasteiger partial charge < -0.3 is 4.74 Å². The van der Waals surface area contributed by atoms with Gasteiger partial charge in [-0.15, -0.1) is 0 Å². The van der Waals surface area contributed by atoms with Crippen molar-refractivity contribution in [3.63, 3.8) is 0 Å². The van der Waals surface area contributed by atoms with E-state index in [-0.39, 0.29) is 17.6 Å². The van der Waals surface area contributed by atoms with Crippen molar-refractivity contribution in [2.24, 2.45) is 0 Å². The highest BCUT2D eigenvalue weighted by Gasteiger charge is 2.31. The third-order valence-corrected chi connectivity index (χ3v) is 4.15. The first-order valence-corrected chi connectivity index (χ1v) is 8.97. The van der Waals surface area contributed by atoms with Crippen LogP contribution in [0.4, 0.5) is 0 Å². The summed E-state index contributed by atoms with van der Waals surface area (Å²) in [6.45, 7) is 2.21. The molecule has 1 heterocycles. The Bertz CT molecular complexity index is 566. The van der Waals surface area contributed by atoms with Crippen molar-refractivity contribution in [3.05, 3.63) is 47.9 Å². The first kappa shape index (κ1) is 18.2. The number of hydrogen-bond acceptors (Lipinski definition) is 3. The number of hydrogen-bond donors (Lipinski definition) is 1. The lowest BCUT2D eigenvalue weighted by molar-refractivity contribution is -0.123. The van der Waals surface area contributed by atoms with E-state index in [4.69, 9.17) is 4.74 Å². The first-order chi connectivity index (χ1) is 11.7. The van der Waals surface area contributed by atoms with Gasteiger partial charge in [0.2, 0.25) is 6.10 Å². The van der Waals surface area contributed by atoms with Crippen LogP contribution in [0.3, 0.4) is 0 Å². The van der Waals surface area contributed by atoms with Crippen molar-refractivity contribution in [3.8, 4) is 0 Å². The highest BCUT2D eigenvalue weighted by atomic mass is 16.5. The molecule has 1 atom stereocenters. The average molecular weight is 329 g/mol. The molecule has 24 heavy (non-hydrogen) atoms. The van der Waals surface area contributed by atoms with Crippen LogP contribution in [0.15, 0.2) is 42.3 Å². The number of rotatable bonds is 10. The van der Waals surface area contributed by atoms with Crippen LogP contribution in [0.25, 0.3) is 0 Å². The largest absolute Gasteiger partial charge is 0.461 e. The van der Waals surface area contributed by atoms with Crippen molar-refractivity contribution < 1.29 is 14.3 Å². The number of ketones is 1. The molecular formula is C20H27NO3. The quantitative estimate of drug-likeness (QED) is 0.510. The van der Waals surface area contributed by atoms with Crippen LogP contribution in [0.2, 0.25) is 0 Å². The van der Waals surface area contributed by atoms with Gasteiger partial charge in [0, 0.05) is 18.1 Å². The summed E-state index contributed by atoms with van der Waals surface area (Å²) in [5.74, 6) is 0.0468. The molecule has 1 aliphatic rings. The summed E-state index contributed by atoms with van der Waals surface area (Å²) in [5, 5.41) is 2.64. The van der Waals surface area contributed by atoms with Gasteiger partial charge in [0.25, 0.3) is 5.91 Å². The monoisotopic (exact) mass is 329 g/mol. The molecule has 130 valence electrons. The van der Waals surface area contributed by atoms with Crippen molar-refractivity contribution in [2.75, 3.05) is 0 Å². The van der Waals surface area contributed by atoms with Gasteiger partial charge in [0.15, 0.2) is 11.7 Å². The molecule has 0 radical (unpaired) electrons. The number of carbonyl (C=O) groups excluding carboxylic acids is 2. The number of nitrogens with one attached hydrogen (secondary N) is 1. The molecule has 1 unspecified atom stereocenters. The summed E-state index contributed by atoms with van der Waals surface area (Å²) >= 11 is 0. The minimum Gasteiger partial charge on any atom is -0.461 e. The lowest BCUT2D eigenvalue weighted by Gasteiger charge is -2.06. The fourth-order valence-electron chi connectivity index (χ4n) is 2.79. The number of amides is 1. The summed E-state index contributed by atoms with van der Waals surface area (Å²) in [5.41, 5.74) is 0.790. The van der Waals surface area contributed by atoms with Gasteiger partial charge in [0.1, 0.15) is 0 Å². The van der Waals surface area contributed by atoms with Gasteiger partial charge in [-0.1, -0.05) is 75.8 Å². The second-order valence-corrected chi connectivity index (χ2v) is 6.24. The van der Waals surface area contributed by atoms with Crippen molar-refractivity contribution in [1.29, 1.82) is 0 Å². The SMILES string of the molecule is CCCCCCCCCC(=O)/C=C1\NC(=O)C(c2ccccc2)O1. The van der Waals surface area contributed by atoms with Crippen LogP contribution in [0, 0.1) is 0 Å². The standard InChI is InChI=1S/C20H27NO3/c1-2-3-4-5-6-7-11-14-17(22)15-18-21-20(23)19(24-18)16-12-9-8-10-13-16/h8-10,12-13,15,19H,2-7,11,14H2,1H3,(H,21,23)/b18-15+. The number of allylic oxidation sites excluding steroid dienone is 1. The number of ether oxygens (including phenoxy) is 1. The Morgan fingerprint density at radius 3 is 2.46 bits per heavy atom. The van der Waals surface area contributed by atoms with E-state index in [0.717, 1.165) is 18.4 Å². The van der Waals surface area contributed by atoms with Crippen LogP contribution in [0.1, 0.15) is 70.0 Å². The molecule has 0 bridgehead atoms. The molecule has 0 aromatic heterocycles. The molecule has 1 aromatic rings. The van der Waals surface area contributed by atoms with Crippen LogP contribution in [-0.2, 0) is 14.3 Å². The lowest BCUT2D eigenvalue weighted by atomic mass is 10.1. The number of carbonyl (C=O) groups is 2. The first-order valence-electron chi connectivity index (χ1n) is 8.97. The van der Waals surface area contributed by atoms with E-state index >= 15 is 0 Å². The summed E-state index contributed by atoms with van der Waals surface area (Å²) in [4.78, 5) is 23.9.